The smallest absolute Gasteiger partial charge is 0.210 e. The van der Waals surface area contributed by atoms with E-state index in [0.29, 0.717) is 12.5 Å². The van der Waals surface area contributed by atoms with Crippen LogP contribution < -0.4 is 5.32 Å². The van der Waals surface area contributed by atoms with E-state index in [1.165, 1.54) is 16.3 Å². The predicted octanol–water partition coefficient (Wildman–Crippen LogP) is 8.91. The van der Waals surface area contributed by atoms with Gasteiger partial charge in [-0.3, -0.25) is 9.98 Å². The van der Waals surface area contributed by atoms with E-state index in [-0.39, 0.29) is 5.84 Å². The quantitative estimate of drug-likeness (QED) is 0.162. The highest BCUT2D eigenvalue weighted by atomic mass is 15.2. The Labute approximate surface area is 254 Å². The Balaban J connectivity index is 1.42. The number of fused-ring (bicyclic) bond motifs is 6. The summed E-state index contributed by atoms with van der Waals surface area (Å²) in [5, 5.41) is 17.3. The first-order valence-corrected chi connectivity index (χ1v) is 14.8. The van der Waals surface area contributed by atoms with Crippen molar-refractivity contribution in [3.63, 3.8) is 0 Å². The number of nitrogens with one attached hydrogen (secondary N) is 2. The number of hydrogen-bond acceptors (Lipinski definition) is 1. The summed E-state index contributed by atoms with van der Waals surface area (Å²) < 4.78 is 4.52. The van der Waals surface area contributed by atoms with Crippen molar-refractivity contribution in [1.82, 2.24) is 14.5 Å². The third-order valence-electron chi connectivity index (χ3n) is 8.25. The van der Waals surface area contributed by atoms with Crippen LogP contribution in [0.5, 0.6) is 0 Å². The summed E-state index contributed by atoms with van der Waals surface area (Å²) in [6.45, 7) is 0.572. The first-order chi connectivity index (χ1) is 21.8. The summed E-state index contributed by atoms with van der Waals surface area (Å²) in [7, 11) is 0. The molecule has 0 saturated heterocycles. The van der Waals surface area contributed by atoms with Crippen molar-refractivity contribution >= 4 is 55.4 Å². The van der Waals surface area contributed by atoms with Crippen LogP contribution in [0.25, 0.3) is 49.3 Å². The van der Waals surface area contributed by atoms with E-state index in [2.05, 4.69) is 118 Å². The van der Waals surface area contributed by atoms with E-state index in [4.69, 9.17) is 10.4 Å². The minimum Gasteiger partial charge on any atom is -0.351 e. The first kappa shape index (κ1) is 25.7. The Kier molecular flexibility index (Phi) is 6.27. The zero-order valence-electron chi connectivity index (χ0n) is 24.0. The number of nitrogens with zero attached hydrogens (tertiary/aromatic N) is 3. The van der Waals surface area contributed by atoms with Gasteiger partial charge in [0.25, 0.3) is 0 Å². The van der Waals surface area contributed by atoms with Gasteiger partial charge in [0.2, 0.25) is 5.96 Å². The average Bonchev–Trinajstić information content (AvgIpc) is 3.59. The van der Waals surface area contributed by atoms with E-state index in [0.717, 1.165) is 44.1 Å². The Morgan fingerprint density at radius 2 is 1.11 bits per heavy atom. The van der Waals surface area contributed by atoms with Crippen LogP contribution in [0.1, 0.15) is 11.1 Å². The number of amidine groups is 1. The van der Waals surface area contributed by atoms with Gasteiger partial charge in [-0.1, -0.05) is 115 Å². The maximum absolute atomic E-state index is 8.97. The molecular formula is C39H29N5. The molecule has 2 N–H and O–H groups in total. The average molecular weight is 568 g/mol. The topological polar surface area (TPSA) is 58.1 Å². The van der Waals surface area contributed by atoms with Crippen molar-refractivity contribution in [2.24, 2.45) is 4.99 Å². The lowest BCUT2D eigenvalue weighted by molar-refractivity contribution is 0.882. The molecule has 0 amide bonds. The zero-order valence-corrected chi connectivity index (χ0v) is 24.0. The second kappa shape index (κ2) is 10.7. The van der Waals surface area contributed by atoms with Crippen LogP contribution in [-0.4, -0.2) is 20.9 Å². The van der Waals surface area contributed by atoms with E-state index >= 15 is 0 Å². The molecule has 8 aromatic rings. The van der Waals surface area contributed by atoms with Gasteiger partial charge in [-0.15, -0.1) is 0 Å². The molecule has 0 aliphatic rings. The van der Waals surface area contributed by atoms with Crippen LogP contribution in [0.3, 0.4) is 0 Å². The van der Waals surface area contributed by atoms with Gasteiger partial charge in [-0.05, 0) is 42.0 Å². The molecule has 44 heavy (non-hydrogen) atoms. The standard InChI is InChI=1S/C39H29N5/c40-38(28-16-6-2-7-17-28)42-39(41-26-27-14-4-1-5-15-27)44-35-23-13-11-21-31(35)33-24-32-30-20-10-12-22-34(30)43(36(32)25-37(33)44)29-18-8-3-9-19-29/h1-25H,26H2,(H2,40,41,42). The second-order valence-corrected chi connectivity index (χ2v) is 10.9. The number of benzene rings is 6. The molecule has 0 aliphatic heterocycles. The predicted molar refractivity (Wildman–Crippen MR) is 183 cm³/mol. The van der Waals surface area contributed by atoms with Gasteiger partial charge in [-0.2, -0.15) is 4.99 Å². The number of hydrogen-bond donors (Lipinski definition) is 2. The SMILES string of the molecule is N=C(/N=C(\NCc1ccccc1)n1c2ccccc2c2cc3c4ccccc4n(-c4ccccc4)c3cc21)c1ccccc1. The van der Waals surface area contributed by atoms with E-state index < -0.39 is 0 Å². The summed E-state index contributed by atoms with van der Waals surface area (Å²) in [6.07, 6.45) is 0. The van der Waals surface area contributed by atoms with Crippen molar-refractivity contribution in [2.75, 3.05) is 0 Å². The molecule has 2 heterocycles. The molecule has 0 radical (unpaired) electrons. The Bertz CT molecular complexity index is 2330. The highest BCUT2D eigenvalue weighted by Gasteiger charge is 2.20. The molecule has 8 rings (SSSR count). The van der Waals surface area contributed by atoms with Gasteiger partial charge >= 0.3 is 0 Å². The molecule has 0 saturated carbocycles. The number of aliphatic imine (C=N–C) groups is 1. The van der Waals surface area contributed by atoms with Crippen LogP contribution in [0.4, 0.5) is 0 Å². The highest BCUT2D eigenvalue weighted by Crippen LogP contribution is 2.38. The number of rotatable bonds is 4. The van der Waals surface area contributed by atoms with Gasteiger partial charge in [-0.25, -0.2) is 0 Å². The molecule has 0 unspecified atom stereocenters. The van der Waals surface area contributed by atoms with Crippen molar-refractivity contribution in [1.29, 1.82) is 5.41 Å². The van der Waals surface area contributed by atoms with Crippen molar-refractivity contribution in [3.05, 3.63) is 163 Å². The third-order valence-corrected chi connectivity index (χ3v) is 8.25. The fourth-order valence-electron chi connectivity index (χ4n) is 6.23. The van der Waals surface area contributed by atoms with Gasteiger partial charge in [0.15, 0.2) is 5.84 Å². The minimum atomic E-state index is 0.201. The Morgan fingerprint density at radius 3 is 1.84 bits per heavy atom. The third kappa shape index (κ3) is 4.34. The monoisotopic (exact) mass is 567 g/mol. The molecule has 0 bridgehead atoms. The Morgan fingerprint density at radius 1 is 0.545 bits per heavy atom. The maximum atomic E-state index is 8.97. The molecule has 5 heteroatoms. The van der Waals surface area contributed by atoms with Crippen LogP contribution in [0, 0.1) is 5.41 Å². The van der Waals surface area contributed by atoms with Crippen molar-refractivity contribution in [2.45, 2.75) is 6.54 Å². The molecule has 0 atom stereocenters. The van der Waals surface area contributed by atoms with Crippen molar-refractivity contribution in [3.8, 4) is 5.69 Å². The molecule has 210 valence electrons. The Hall–Kier alpha value is -5.94. The van der Waals surface area contributed by atoms with Gasteiger partial charge in [0.1, 0.15) is 0 Å². The first-order valence-electron chi connectivity index (χ1n) is 14.8. The molecule has 0 aliphatic carbocycles. The van der Waals surface area contributed by atoms with E-state index in [9.17, 15) is 0 Å². The second-order valence-electron chi connectivity index (χ2n) is 10.9. The van der Waals surface area contributed by atoms with Crippen LogP contribution in [-0.2, 0) is 6.54 Å². The molecule has 2 aromatic heterocycles. The highest BCUT2D eigenvalue weighted by molar-refractivity contribution is 6.21. The molecular weight excluding hydrogens is 538 g/mol. The summed E-state index contributed by atoms with van der Waals surface area (Å²) >= 11 is 0. The molecule has 6 aromatic carbocycles. The van der Waals surface area contributed by atoms with Crippen LogP contribution in [0.15, 0.2) is 157 Å². The fourth-order valence-corrected chi connectivity index (χ4v) is 6.23. The molecule has 5 nitrogen and oxygen atoms in total. The normalized spacial score (nSPS) is 12.0. The lowest BCUT2D eigenvalue weighted by Gasteiger charge is -2.15. The summed E-state index contributed by atoms with van der Waals surface area (Å²) in [4.78, 5) is 4.95. The van der Waals surface area contributed by atoms with E-state index in [1.54, 1.807) is 0 Å². The summed E-state index contributed by atoms with van der Waals surface area (Å²) in [6, 6.07) is 52.2. The summed E-state index contributed by atoms with van der Waals surface area (Å²) in [5.74, 6) is 0.808. The zero-order chi connectivity index (χ0) is 29.5. The van der Waals surface area contributed by atoms with Gasteiger partial charge < -0.3 is 9.88 Å². The molecule has 0 spiro atoms. The lowest BCUT2D eigenvalue weighted by atomic mass is 10.1. The summed E-state index contributed by atoms with van der Waals surface area (Å²) in [5.41, 5.74) is 7.36. The van der Waals surface area contributed by atoms with Crippen LogP contribution >= 0.6 is 0 Å². The number of para-hydroxylation sites is 3. The van der Waals surface area contributed by atoms with Crippen molar-refractivity contribution < 1.29 is 0 Å². The lowest BCUT2D eigenvalue weighted by Crippen LogP contribution is -2.31. The fraction of sp³-hybridized carbons (Fsp3) is 0.0256. The van der Waals surface area contributed by atoms with Gasteiger partial charge in [0, 0.05) is 39.3 Å². The maximum Gasteiger partial charge on any atom is 0.210 e. The minimum absolute atomic E-state index is 0.201. The largest absolute Gasteiger partial charge is 0.351 e. The molecule has 0 fully saturated rings. The number of aromatic nitrogens is 2. The van der Waals surface area contributed by atoms with E-state index in [1.807, 2.05) is 48.5 Å². The van der Waals surface area contributed by atoms with Crippen LogP contribution in [0.2, 0.25) is 0 Å². The van der Waals surface area contributed by atoms with Gasteiger partial charge in [0.05, 0.1) is 22.1 Å².